The number of hydrogen-bond donors (Lipinski definition) is 1. The van der Waals surface area contributed by atoms with E-state index in [1.54, 1.807) is 11.5 Å². The Balaban J connectivity index is 1.95. The lowest BCUT2D eigenvalue weighted by Gasteiger charge is -2.32. The van der Waals surface area contributed by atoms with E-state index in [0.717, 1.165) is 55.8 Å². The van der Waals surface area contributed by atoms with Gasteiger partial charge in [-0.1, -0.05) is 6.92 Å². The van der Waals surface area contributed by atoms with Crippen molar-refractivity contribution < 1.29 is 0 Å². The van der Waals surface area contributed by atoms with Crippen molar-refractivity contribution in [2.24, 2.45) is 11.7 Å². The van der Waals surface area contributed by atoms with Crippen molar-refractivity contribution in [3.05, 3.63) is 5.82 Å². The Bertz CT molecular complexity index is 337. The molecule has 0 spiro atoms. The van der Waals surface area contributed by atoms with Crippen molar-refractivity contribution in [2.45, 2.75) is 39.0 Å². The summed E-state index contributed by atoms with van der Waals surface area (Å²) in [6, 6.07) is 0. The molecular formula is C12H22N4S. The molecule has 2 rings (SSSR count). The summed E-state index contributed by atoms with van der Waals surface area (Å²) in [5.41, 5.74) is 5.64. The number of nitrogens with zero attached hydrogens (tertiary/aromatic N) is 3. The lowest BCUT2D eigenvalue weighted by atomic mass is 9.95. The summed E-state index contributed by atoms with van der Waals surface area (Å²) in [7, 11) is 0. The quantitative estimate of drug-likeness (QED) is 0.874. The van der Waals surface area contributed by atoms with E-state index >= 15 is 0 Å². The van der Waals surface area contributed by atoms with Crippen LogP contribution in [0.4, 0.5) is 5.13 Å². The Labute approximate surface area is 107 Å². The van der Waals surface area contributed by atoms with E-state index in [0.29, 0.717) is 0 Å². The van der Waals surface area contributed by atoms with Crippen LogP contribution in [0.3, 0.4) is 0 Å². The van der Waals surface area contributed by atoms with E-state index in [4.69, 9.17) is 5.73 Å². The number of anilines is 1. The smallest absolute Gasteiger partial charge is 0.205 e. The van der Waals surface area contributed by atoms with Crippen LogP contribution in [0.15, 0.2) is 0 Å². The third-order valence-electron chi connectivity index (χ3n) is 3.30. The number of piperidine rings is 1. The summed E-state index contributed by atoms with van der Waals surface area (Å²) < 4.78 is 4.42. The topological polar surface area (TPSA) is 55.0 Å². The monoisotopic (exact) mass is 254 g/mol. The highest BCUT2D eigenvalue weighted by Crippen LogP contribution is 2.26. The summed E-state index contributed by atoms with van der Waals surface area (Å²) >= 11 is 1.55. The molecule has 1 fully saturated rings. The van der Waals surface area contributed by atoms with Crippen molar-refractivity contribution in [3.63, 3.8) is 0 Å². The molecule has 5 heteroatoms. The molecule has 4 nitrogen and oxygen atoms in total. The van der Waals surface area contributed by atoms with Gasteiger partial charge in [0, 0.05) is 31.0 Å². The van der Waals surface area contributed by atoms with Crippen LogP contribution in [-0.2, 0) is 6.42 Å². The van der Waals surface area contributed by atoms with Crippen molar-refractivity contribution >= 4 is 16.7 Å². The first-order valence-corrected chi connectivity index (χ1v) is 7.38. The maximum Gasteiger partial charge on any atom is 0.205 e. The Morgan fingerprint density at radius 1 is 1.53 bits per heavy atom. The largest absolute Gasteiger partial charge is 0.347 e. The predicted octanol–water partition coefficient (Wildman–Crippen LogP) is 2.06. The molecular weight excluding hydrogens is 232 g/mol. The molecule has 0 bridgehead atoms. The highest BCUT2D eigenvalue weighted by molar-refractivity contribution is 7.09. The van der Waals surface area contributed by atoms with Crippen molar-refractivity contribution in [1.82, 2.24) is 9.36 Å². The first-order valence-electron chi connectivity index (χ1n) is 6.61. The molecule has 0 radical (unpaired) electrons. The third kappa shape index (κ3) is 3.39. The molecule has 0 aliphatic carbocycles. The van der Waals surface area contributed by atoms with Gasteiger partial charge < -0.3 is 10.6 Å². The summed E-state index contributed by atoms with van der Waals surface area (Å²) in [5.74, 6) is 1.75. The van der Waals surface area contributed by atoms with Gasteiger partial charge >= 0.3 is 0 Å². The molecule has 1 aromatic rings. The van der Waals surface area contributed by atoms with E-state index in [9.17, 15) is 0 Å². The van der Waals surface area contributed by atoms with Crippen molar-refractivity contribution in [1.29, 1.82) is 0 Å². The van der Waals surface area contributed by atoms with Crippen molar-refractivity contribution in [2.75, 3.05) is 24.5 Å². The number of hydrogen-bond acceptors (Lipinski definition) is 5. The van der Waals surface area contributed by atoms with Crippen LogP contribution in [0.2, 0.25) is 0 Å². The Hall–Kier alpha value is -0.680. The maximum atomic E-state index is 5.64. The average Bonchev–Trinajstić information content (AvgIpc) is 2.79. The maximum absolute atomic E-state index is 5.64. The standard InChI is InChI=1S/C12H22N4S/c1-2-4-11-14-12(17-15-11)16-8-3-5-10(9-16)6-7-13/h10H,2-9,13H2,1H3. The molecule has 0 aromatic carbocycles. The van der Waals surface area contributed by atoms with Gasteiger partial charge in [0.25, 0.3) is 0 Å². The van der Waals surface area contributed by atoms with Crippen LogP contribution in [0.5, 0.6) is 0 Å². The van der Waals surface area contributed by atoms with Crippen LogP contribution < -0.4 is 10.6 Å². The second-order valence-electron chi connectivity index (χ2n) is 4.77. The van der Waals surface area contributed by atoms with E-state index in [-0.39, 0.29) is 0 Å². The lowest BCUT2D eigenvalue weighted by Crippen LogP contribution is -2.36. The minimum absolute atomic E-state index is 0.743. The number of aryl methyl sites for hydroxylation is 1. The zero-order valence-electron chi connectivity index (χ0n) is 10.6. The summed E-state index contributed by atoms with van der Waals surface area (Å²) in [4.78, 5) is 7.01. The van der Waals surface area contributed by atoms with Gasteiger partial charge in [-0.25, -0.2) is 4.98 Å². The fraction of sp³-hybridized carbons (Fsp3) is 0.833. The van der Waals surface area contributed by atoms with Gasteiger partial charge in [0.15, 0.2) is 0 Å². The van der Waals surface area contributed by atoms with E-state index in [1.165, 1.54) is 12.8 Å². The van der Waals surface area contributed by atoms with Crippen LogP contribution in [-0.4, -0.2) is 29.0 Å². The molecule has 2 N–H and O–H groups in total. The SMILES string of the molecule is CCCc1nsc(N2CCCC(CCN)C2)n1. The molecule has 0 saturated carbocycles. The first kappa shape index (κ1) is 12.8. The number of aromatic nitrogens is 2. The molecule has 1 aliphatic rings. The van der Waals surface area contributed by atoms with E-state index in [2.05, 4.69) is 21.2 Å². The Morgan fingerprint density at radius 2 is 2.41 bits per heavy atom. The minimum atomic E-state index is 0.743. The van der Waals surface area contributed by atoms with Gasteiger partial charge in [-0.15, -0.1) is 0 Å². The fourth-order valence-corrected chi connectivity index (χ4v) is 3.16. The third-order valence-corrected chi connectivity index (χ3v) is 4.11. The normalized spacial score (nSPS) is 20.8. The molecule has 1 saturated heterocycles. The average molecular weight is 254 g/mol. The molecule has 17 heavy (non-hydrogen) atoms. The highest BCUT2D eigenvalue weighted by atomic mass is 32.1. The Morgan fingerprint density at radius 3 is 3.18 bits per heavy atom. The van der Waals surface area contributed by atoms with Crippen LogP contribution in [0, 0.1) is 5.92 Å². The van der Waals surface area contributed by atoms with Gasteiger partial charge in [-0.05, 0) is 38.1 Å². The molecule has 0 amide bonds. The summed E-state index contributed by atoms with van der Waals surface area (Å²) in [6.45, 7) is 5.20. The zero-order chi connectivity index (χ0) is 12.1. The van der Waals surface area contributed by atoms with Crippen molar-refractivity contribution in [3.8, 4) is 0 Å². The van der Waals surface area contributed by atoms with Gasteiger partial charge in [-0.3, -0.25) is 0 Å². The van der Waals surface area contributed by atoms with Crippen LogP contribution in [0.1, 0.15) is 38.4 Å². The van der Waals surface area contributed by atoms with E-state index in [1.807, 2.05) is 0 Å². The van der Waals surface area contributed by atoms with Gasteiger partial charge in [-0.2, -0.15) is 4.37 Å². The van der Waals surface area contributed by atoms with Crippen LogP contribution >= 0.6 is 11.5 Å². The minimum Gasteiger partial charge on any atom is -0.347 e. The second kappa shape index (κ2) is 6.31. The molecule has 1 aliphatic heterocycles. The molecule has 2 heterocycles. The Kier molecular flexibility index (Phi) is 4.74. The fourth-order valence-electron chi connectivity index (χ4n) is 2.41. The molecule has 96 valence electrons. The predicted molar refractivity (Wildman–Crippen MR) is 72.5 cm³/mol. The van der Waals surface area contributed by atoms with Gasteiger partial charge in [0.2, 0.25) is 5.13 Å². The summed E-state index contributed by atoms with van der Waals surface area (Å²) in [6.07, 6.45) is 5.82. The van der Waals surface area contributed by atoms with Gasteiger partial charge in [0.05, 0.1) is 0 Å². The highest BCUT2D eigenvalue weighted by Gasteiger charge is 2.21. The molecule has 1 unspecified atom stereocenters. The van der Waals surface area contributed by atoms with Gasteiger partial charge in [0.1, 0.15) is 5.82 Å². The first-order chi connectivity index (χ1) is 8.33. The molecule has 1 atom stereocenters. The number of nitrogens with two attached hydrogens (primary N) is 1. The molecule has 1 aromatic heterocycles. The van der Waals surface area contributed by atoms with E-state index < -0.39 is 0 Å². The lowest BCUT2D eigenvalue weighted by molar-refractivity contribution is 0.395. The summed E-state index contributed by atoms with van der Waals surface area (Å²) in [5, 5.41) is 1.11. The number of rotatable bonds is 5. The second-order valence-corrected chi connectivity index (χ2v) is 5.51. The van der Waals surface area contributed by atoms with Crippen LogP contribution in [0.25, 0.3) is 0 Å². The zero-order valence-corrected chi connectivity index (χ0v) is 11.4.